The standard InChI is InChI=1S/C11H15NO3S/c1-11(4-5-15-7-11)8-6-12-9(16-8)2-3-10(13)14/h6H,2-5,7H2,1H3,(H,13,14). The summed E-state index contributed by atoms with van der Waals surface area (Å²) < 4.78 is 5.41. The first-order valence-corrected chi connectivity index (χ1v) is 6.16. The van der Waals surface area contributed by atoms with Gasteiger partial charge in [-0.1, -0.05) is 6.92 Å². The van der Waals surface area contributed by atoms with Crippen LogP contribution in [0.15, 0.2) is 6.20 Å². The van der Waals surface area contributed by atoms with Gasteiger partial charge in [0, 0.05) is 29.5 Å². The van der Waals surface area contributed by atoms with Gasteiger partial charge in [-0.15, -0.1) is 11.3 Å². The third-order valence-electron chi connectivity index (χ3n) is 2.92. The number of aliphatic carboxylic acids is 1. The van der Waals surface area contributed by atoms with Gasteiger partial charge in [0.15, 0.2) is 0 Å². The Balaban J connectivity index is 2.04. The van der Waals surface area contributed by atoms with Crippen molar-refractivity contribution in [3.63, 3.8) is 0 Å². The summed E-state index contributed by atoms with van der Waals surface area (Å²) in [5.41, 5.74) is 0.0825. The van der Waals surface area contributed by atoms with Crippen LogP contribution in [0.1, 0.15) is 29.7 Å². The van der Waals surface area contributed by atoms with Crippen LogP contribution in [-0.4, -0.2) is 29.3 Å². The summed E-state index contributed by atoms with van der Waals surface area (Å²) in [5, 5.41) is 9.51. The topological polar surface area (TPSA) is 59.4 Å². The fourth-order valence-electron chi connectivity index (χ4n) is 1.78. The van der Waals surface area contributed by atoms with Crippen LogP contribution < -0.4 is 0 Å². The fraction of sp³-hybridized carbons (Fsp3) is 0.636. The summed E-state index contributed by atoms with van der Waals surface area (Å²) in [6.45, 7) is 3.72. The quantitative estimate of drug-likeness (QED) is 0.873. The maximum atomic E-state index is 10.5. The van der Waals surface area contributed by atoms with Gasteiger partial charge in [-0.3, -0.25) is 4.79 Å². The fourth-order valence-corrected chi connectivity index (χ4v) is 2.86. The molecule has 1 aliphatic heterocycles. The lowest BCUT2D eigenvalue weighted by molar-refractivity contribution is -0.136. The summed E-state index contributed by atoms with van der Waals surface area (Å²) in [4.78, 5) is 15.9. The van der Waals surface area contributed by atoms with Gasteiger partial charge in [-0.2, -0.15) is 0 Å². The number of nitrogens with zero attached hydrogens (tertiary/aromatic N) is 1. The lowest BCUT2D eigenvalue weighted by atomic mass is 9.89. The predicted octanol–water partition coefficient (Wildman–Crippen LogP) is 1.84. The number of hydrogen-bond acceptors (Lipinski definition) is 4. The molecule has 0 bridgehead atoms. The summed E-state index contributed by atoms with van der Waals surface area (Å²) in [6, 6.07) is 0. The van der Waals surface area contributed by atoms with Crippen LogP contribution in [0.25, 0.3) is 0 Å². The van der Waals surface area contributed by atoms with E-state index in [1.165, 1.54) is 4.88 Å². The predicted molar refractivity (Wildman–Crippen MR) is 60.9 cm³/mol. The molecule has 1 N–H and O–H groups in total. The van der Waals surface area contributed by atoms with Crippen molar-refractivity contribution in [2.24, 2.45) is 0 Å². The third kappa shape index (κ3) is 2.41. The monoisotopic (exact) mass is 241 g/mol. The number of hydrogen-bond donors (Lipinski definition) is 1. The summed E-state index contributed by atoms with van der Waals surface area (Å²) in [7, 11) is 0. The zero-order valence-corrected chi connectivity index (χ0v) is 10.0. The second kappa shape index (κ2) is 4.51. The Labute approximate surface area is 98.3 Å². The van der Waals surface area contributed by atoms with Gasteiger partial charge in [-0.25, -0.2) is 4.98 Å². The van der Waals surface area contributed by atoms with Gasteiger partial charge < -0.3 is 9.84 Å². The summed E-state index contributed by atoms with van der Waals surface area (Å²) in [5.74, 6) is -0.771. The smallest absolute Gasteiger partial charge is 0.303 e. The molecule has 0 amide bonds. The van der Waals surface area contributed by atoms with Gasteiger partial charge in [0.05, 0.1) is 18.0 Å². The number of ether oxygens (including phenoxy) is 1. The van der Waals surface area contributed by atoms with Crippen molar-refractivity contribution in [2.75, 3.05) is 13.2 Å². The average Bonchev–Trinajstić information content (AvgIpc) is 2.84. The van der Waals surface area contributed by atoms with Crippen LogP contribution in [0.4, 0.5) is 0 Å². The van der Waals surface area contributed by atoms with Crippen molar-refractivity contribution >= 4 is 17.3 Å². The average molecular weight is 241 g/mol. The number of aryl methyl sites for hydroxylation is 1. The molecule has 2 rings (SSSR count). The van der Waals surface area contributed by atoms with Crippen molar-refractivity contribution in [3.05, 3.63) is 16.1 Å². The molecule has 1 unspecified atom stereocenters. The largest absolute Gasteiger partial charge is 0.481 e. The second-order valence-electron chi connectivity index (χ2n) is 4.38. The molecule has 16 heavy (non-hydrogen) atoms. The first-order chi connectivity index (χ1) is 7.60. The van der Waals surface area contributed by atoms with Gasteiger partial charge in [-0.05, 0) is 6.42 Å². The Kier molecular flexibility index (Phi) is 3.25. The second-order valence-corrected chi connectivity index (χ2v) is 5.49. The zero-order chi connectivity index (χ0) is 11.6. The number of carboxylic acids is 1. The molecular formula is C11H15NO3S. The molecule has 88 valence electrons. The molecule has 4 nitrogen and oxygen atoms in total. The van der Waals surface area contributed by atoms with E-state index in [0.29, 0.717) is 6.42 Å². The van der Waals surface area contributed by atoms with E-state index in [0.717, 1.165) is 24.6 Å². The highest BCUT2D eigenvalue weighted by molar-refractivity contribution is 7.11. The van der Waals surface area contributed by atoms with Crippen molar-refractivity contribution in [2.45, 2.75) is 31.6 Å². The molecule has 1 aromatic rings. The van der Waals surface area contributed by atoms with Crippen LogP contribution >= 0.6 is 11.3 Å². The lowest BCUT2D eigenvalue weighted by Gasteiger charge is -2.18. The molecule has 1 fully saturated rings. The summed E-state index contributed by atoms with van der Waals surface area (Å²) >= 11 is 1.62. The van der Waals surface area contributed by atoms with Crippen LogP contribution in [0.2, 0.25) is 0 Å². The number of aromatic nitrogens is 1. The van der Waals surface area contributed by atoms with E-state index in [4.69, 9.17) is 9.84 Å². The number of carboxylic acid groups (broad SMARTS) is 1. The van der Waals surface area contributed by atoms with E-state index in [-0.39, 0.29) is 11.8 Å². The van der Waals surface area contributed by atoms with E-state index in [1.807, 2.05) is 6.20 Å². The minimum absolute atomic E-state index is 0.0825. The molecule has 1 atom stereocenters. The highest BCUT2D eigenvalue weighted by Gasteiger charge is 2.33. The number of thiazole rings is 1. The maximum Gasteiger partial charge on any atom is 0.303 e. The van der Waals surface area contributed by atoms with Crippen LogP contribution in [-0.2, 0) is 21.4 Å². The number of rotatable bonds is 4. The lowest BCUT2D eigenvalue weighted by Crippen LogP contribution is -2.19. The Morgan fingerprint density at radius 3 is 3.19 bits per heavy atom. The van der Waals surface area contributed by atoms with E-state index in [9.17, 15) is 4.79 Å². The van der Waals surface area contributed by atoms with Crippen molar-refractivity contribution in [1.29, 1.82) is 0 Å². The molecule has 1 aliphatic rings. The maximum absolute atomic E-state index is 10.5. The van der Waals surface area contributed by atoms with E-state index in [1.54, 1.807) is 11.3 Å². The molecule has 0 spiro atoms. The molecule has 1 aromatic heterocycles. The van der Waals surface area contributed by atoms with Gasteiger partial charge in [0.25, 0.3) is 0 Å². The first kappa shape index (κ1) is 11.5. The minimum atomic E-state index is -0.771. The van der Waals surface area contributed by atoms with E-state index < -0.39 is 5.97 Å². The van der Waals surface area contributed by atoms with Crippen molar-refractivity contribution in [3.8, 4) is 0 Å². The van der Waals surface area contributed by atoms with Gasteiger partial charge in [0.1, 0.15) is 0 Å². The zero-order valence-electron chi connectivity index (χ0n) is 9.23. The molecule has 2 heterocycles. The molecule has 0 aromatic carbocycles. The molecule has 0 radical (unpaired) electrons. The molecule has 5 heteroatoms. The van der Waals surface area contributed by atoms with E-state index >= 15 is 0 Å². The van der Waals surface area contributed by atoms with Crippen LogP contribution in [0.3, 0.4) is 0 Å². The van der Waals surface area contributed by atoms with Gasteiger partial charge in [0.2, 0.25) is 0 Å². The van der Waals surface area contributed by atoms with Crippen molar-refractivity contribution in [1.82, 2.24) is 4.98 Å². The van der Waals surface area contributed by atoms with Crippen LogP contribution in [0, 0.1) is 0 Å². The highest BCUT2D eigenvalue weighted by atomic mass is 32.1. The Morgan fingerprint density at radius 2 is 2.56 bits per heavy atom. The summed E-state index contributed by atoms with van der Waals surface area (Å²) in [6.07, 6.45) is 3.57. The molecule has 1 saturated heterocycles. The van der Waals surface area contributed by atoms with E-state index in [2.05, 4.69) is 11.9 Å². The Bertz CT molecular complexity index is 382. The molecule has 0 aliphatic carbocycles. The highest BCUT2D eigenvalue weighted by Crippen LogP contribution is 2.36. The van der Waals surface area contributed by atoms with Gasteiger partial charge >= 0.3 is 5.97 Å². The first-order valence-electron chi connectivity index (χ1n) is 5.35. The van der Waals surface area contributed by atoms with Crippen LogP contribution in [0.5, 0.6) is 0 Å². The molecule has 0 saturated carbocycles. The molecular weight excluding hydrogens is 226 g/mol. The van der Waals surface area contributed by atoms with Crippen molar-refractivity contribution < 1.29 is 14.6 Å². The minimum Gasteiger partial charge on any atom is -0.481 e. The SMILES string of the molecule is CC1(c2cnc(CCC(=O)O)s2)CCOC1. The Morgan fingerprint density at radius 1 is 1.75 bits per heavy atom. The Hall–Kier alpha value is -0.940. The normalized spacial score (nSPS) is 24.8. The number of carbonyl (C=O) groups is 1. The third-order valence-corrected chi connectivity index (χ3v) is 4.28.